The lowest BCUT2D eigenvalue weighted by Crippen LogP contribution is -2.14. The maximum atomic E-state index is 11.9. The lowest BCUT2D eigenvalue weighted by atomic mass is 10.1. The number of rotatable bonds is 3. The molecule has 0 aliphatic heterocycles. The van der Waals surface area contributed by atoms with Crippen molar-refractivity contribution < 1.29 is 9.90 Å². The number of aryl methyl sites for hydroxylation is 1. The SMILES string of the molecule is Cc1cc(CO)ccc1NC(=O)c1ccncn1. The molecule has 0 saturated heterocycles. The molecular weight excluding hydrogens is 230 g/mol. The molecule has 18 heavy (non-hydrogen) atoms. The Bertz CT molecular complexity index is 555. The number of carbonyl (C=O) groups excluding carboxylic acids is 1. The van der Waals surface area contributed by atoms with Crippen molar-refractivity contribution in [1.29, 1.82) is 0 Å². The minimum atomic E-state index is -0.280. The fourth-order valence-corrected chi connectivity index (χ4v) is 1.58. The van der Waals surface area contributed by atoms with E-state index >= 15 is 0 Å². The van der Waals surface area contributed by atoms with Gasteiger partial charge in [-0.1, -0.05) is 12.1 Å². The van der Waals surface area contributed by atoms with Gasteiger partial charge in [-0.25, -0.2) is 9.97 Å². The first-order valence-corrected chi connectivity index (χ1v) is 5.48. The minimum absolute atomic E-state index is 0.0129. The van der Waals surface area contributed by atoms with Crippen LogP contribution in [-0.2, 0) is 6.61 Å². The Morgan fingerprint density at radius 3 is 2.83 bits per heavy atom. The Balaban J connectivity index is 2.17. The molecule has 5 nitrogen and oxygen atoms in total. The van der Waals surface area contributed by atoms with Crippen molar-refractivity contribution in [2.45, 2.75) is 13.5 Å². The second-order valence-electron chi connectivity index (χ2n) is 3.86. The average Bonchev–Trinajstić information content (AvgIpc) is 2.42. The largest absolute Gasteiger partial charge is 0.392 e. The summed E-state index contributed by atoms with van der Waals surface area (Å²) in [5.74, 6) is -0.280. The van der Waals surface area contributed by atoms with Gasteiger partial charge in [-0.15, -0.1) is 0 Å². The van der Waals surface area contributed by atoms with E-state index in [-0.39, 0.29) is 12.5 Å². The molecule has 1 amide bonds. The predicted molar refractivity (Wildman–Crippen MR) is 67.1 cm³/mol. The molecule has 92 valence electrons. The van der Waals surface area contributed by atoms with Crippen LogP contribution in [0.15, 0.2) is 36.8 Å². The maximum absolute atomic E-state index is 11.9. The van der Waals surface area contributed by atoms with Crippen LogP contribution in [0.3, 0.4) is 0 Å². The van der Waals surface area contributed by atoms with Crippen molar-refractivity contribution in [1.82, 2.24) is 9.97 Å². The van der Waals surface area contributed by atoms with Crippen LogP contribution in [0.4, 0.5) is 5.69 Å². The Hall–Kier alpha value is -2.27. The van der Waals surface area contributed by atoms with E-state index in [1.54, 1.807) is 18.2 Å². The molecule has 2 aromatic rings. The summed E-state index contributed by atoms with van der Waals surface area (Å²) < 4.78 is 0. The van der Waals surface area contributed by atoms with Crippen LogP contribution in [0.25, 0.3) is 0 Å². The van der Waals surface area contributed by atoms with Crippen molar-refractivity contribution in [2.24, 2.45) is 0 Å². The molecule has 1 aromatic carbocycles. The molecule has 0 spiro atoms. The Morgan fingerprint density at radius 2 is 2.22 bits per heavy atom. The normalized spacial score (nSPS) is 10.1. The molecular formula is C13H13N3O2. The van der Waals surface area contributed by atoms with E-state index < -0.39 is 0 Å². The van der Waals surface area contributed by atoms with Gasteiger partial charge in [0.2, 0.25) is 0 Å². The monoisotopic (exact) mass is 243 g/mol. The van der Waals surface area contributed by atoms with E-state index in [1.807, 2.05) is 13.0 Å². The highest BCUT2D eigenvalue weighted by atomic mass is 16.3. The summed E-state index contributed by atoms with van der Waals surface area (Å²) >= 11 is 0. The quantitative estimate of drug-likeness (QED) is 0.857. The van der Waals surface area contributed by atoms with Crippen LogP contribution in [0.1, 0.15) is 21.6 Å². The van der Waals surface area contributed by atoms with Gasteiger partial charge in [0.25, 0.3) is 5.91 Å². The summed E-state index contributed by atoms with van der Waals surface area (Å²) in [5.41, 5.74) is 2.72. The number of hydrogen-bond acceptors (Lipinski definition) is 4. The molecule has 2 rings (SSSR count). The van der Waals surface area contributed by atoms with Crippen molar-refractivity contribution in [3.8, 4) is 0 Å². The molecule has 0 bridgehead atoms. The zero-order valence-corrected chi connectivity index (χ0v) is 9.92. The zero-order valence-electron chi connectivity index (χ0n) is 9.92. The predicted octanol–water partition coefficient (Wildman–Crippen LogP) is 1.53. The molecule has 0 saturated carbocycles. The fourth-order valence-electron chi connectivity index (χ4n) is 1.58. The van der Waals surface area contributed by atoms with Gasteiger partial charge in [0.15, 0.2) is 0 Å². The van der Waals surface area contributed by atoms with Gasteiger partial charge in [-0.05, 0) is 30.2 Å². The first-order valence-electron chi connectivity index (χ1n) is 5.48. The highest BCUT2D eigenvalue weighted by molar-refractivity contribution is 6.03. The zero-order chi connectivity index (χ0) is 13.0. The number of carbonyl (C=O) groups is 1. The second kappa shape index (κ2) is 5.37. The number of nitrogens with zero attached hydrogens (tertiary/aromatic N) is 2. The third-order valence-electron chi connectivity index (χ3n) is 2.54. The van der Waals surface area contributed by atoms with E-state index in [9.17, 15) is 4.79 Å². The number of nitrogens with one attached hydrogen (secondary N) is 1. The molecule has 0 atom stereocenters. The van der Waals surface area contributed by atoms with Gasteiger partial charge in [0.05, 0.1) is 6.61 Å². The summed E-state index contributed by atoms with van der Waals surface area (Å²) in [6, 6.07) is 6.91. The summed E-state index contributed by atoms with van der Waals surface area (Å²) in [4.78, 5) is 19.5. The van der Waals surface area contributed by atoms with Crippen molar-refractivity contribution in [2.75, 3.05) is 5.32 Å². The van der Waals surface area contributed by atoms with Crippen LogP contribution in [0, 0.1) is 6.92 Å². The standard InChI is InChI=1S/C13H13N3O2/c1-9-6-10(7-17)2-3-11(9)16-13(18)12-4-5-14-8-15-12/h2-6,8,17H,7H2,1H3,(H,16,18). The van der Waals surface area contributed by atoms with Crippen LogP contribution >= 0.6 is 0 Å². The summed E-state index contributed by atoms with van der Waals surface area (Å²) in [6.45, 7) is 1.86. The van der Waals surface area contributed by atoms with Crippen molar-refractivity contribution >= 4 is 11.6 Å². The third kappa shape index (κ3) is 2.70. The minimum Gasteiger partial charge on any atom is -0.392 e. The highest BCUT2D eigenvalue weighted by Crippen LogP contribution is 2.17. The number of aromatic nitrogens is 2. The lowest BCUT2D eigenvalue weighted by molar-refractivity contribution is 0.102. The Kier molecular flexibility index (Phi) is 3.64. The first-order chi connectivity index (χ1) is 8.70. The van der Waals surface area contributed by atoms with Gasteiger partial charge in [-0.2, -0.15) is 0 Å². The first kappa shape index (κ1) is 12.2. The van der Waals surface area contributed by atoms with E-state index in [0.717, 1.165) is 11.1 Å². The summed E-state index contributed by atoms with van der Waals surface area (Å²) in [6.07, 6.45) is 2.85. The van der Waals surface area contributed by atoms with Crippen LogP contribution in [0.2, 0.25) is 0 Å². The van der Waals surface area contributed by atoms with E-state index in [4.69, 9.17) is 5.11 Å². The molecule has 0 radical (unpaired) electrons. The number of anilines is 1. The maximum Gasteiger partial charge on any atom is 0.274 e. The topological polar surface area (TPSA) is 75.1 Å². The molecule has 2 N–H and O–H groups in total. The summed E-state index contributed by atoms with van der Waals surface area (Å²) in [7, 11) is 0. The Morgan fingerprint density at radius 1 is 1.39 bits per heavy atom. The summed E-state index contributed by atoms with van der Waals surface area (Å²) in [5, 5.41) is 11.8. The average molecular weight is 243 g/mol. The van der Waals surface area contributed by atoms with Crippen LogP contribution in [-0.4, -0.2) is 21.0 Å². The van der Waals surface area contributed by atoms with Crippen LogP contribution < -0.4 is 5.32 Å². The van der Waals surface area contributed by atoms with E-state index in [1.165, 1.54) is 12.5 Å². The van der Waals surface area contributed by atoms with Crippen molar-refractivity contribution in [3.05, 3.63) is 53.6 Å². The molecule has 0 aliphatic rings. The molecule has 0 unspecified atom stereocenters. The molecule has 5 heteroatoms. The lowest BCUT2D eigenvalue weighted by Gasteiger charge is -2.09. The van der Waals surface area contributed by atoms with Gasteiger partial charge in [-0.3, -0.25) is 4.79 Å². The van der Waals surface area contributed by atoms with Gasteiger partial charge in [0.1, 0.15) is 12.0 Å². The van der Waals surface area contributed by atoms with Crippen LogP contribution in [0.5, 0.6) is 0 Å². The smallest absolute Gasteiger partial charge is 0.274 e. The number of aliphatic hydroxyl groups is 1. The third-order valence-corrected chi connectivity index (χ3v) is 2.54. The van der Waals surface area contributed by atoms with E-state index in [2.05, 4.69) is 15.3 Å². The number of aliphatic hydroxyl groups excluding tert-OH is 1. The number of hydrogen-bond donors (Lipinski definition) is 2. The van der Waals surface area contributed by atoms with Gasteiger partial charge < -0.3 is 10.4 Å². The highest BCUT2D eigenvalue weighted by Gasteiger charge is 2.08. The van der Waals surface area contributed by atoms with Gasteiger partial charge >= 0.3 is 0 Å². The number of amides is 1. The Labute approximate surface area is 105 Å². The molecule has 0 fully saturated rings. The molecule has 1 aromatic heterocycles. The van der Waals surface area contributed by atoms with E-state index in [0.29, 0.717) is 11.4 Å². The van der Waals surface area contributed by atoms with Crippen molar-refractivity contribution in [3.63, 3.8) is 0 Å². The second-order valence-corrected chi connectivity index (χ2v) is 3.86. The molecule has 1 heterocycles. The molecule has 0 aliphatic carbocycles. The van der Waals surface area contributed by atoms with Gasteiger partial charge in [0, 0.05) is 11.9 Å². The fraction of sp³-hybridized carbons (Fsp3) is 0.154. The number of benzene rings is 1.